The summed E-state index contributed by atoms with van der Waals surface area (Å²) in [6, 6.07) is 5.75. The number of aromatic nitrogens is 2. The Morgan fingerprint density at radius 1 is 1.02 bits per heavy atom. The van der Waals surface area contributed by atoms with Crippen LogP contribution in [0, 0.1) is 40.4 Å². The molecule has 1 aliphatic heterocycles. The highest BCUT2D eigenvalue weighted by atomic mass is 32.1. The van der Waals surface area contributed by atoms with Crippen LogP contribution in [0.25, 0.3) is 22.3 Å². The molecule has 1 saturated heterocycles. The van der Waals surface area contributed by atoms with Crippen LogP contribution in [0.15, 0.2) is 42.3 Å². The highest BCUT2D eigenvalue weighted by Gasteiger charge is 2.61. The molecule has 0 radical (unpaired) electrons. The number of carboxylic acid groups (broad SMARTS) is 2. The number of carbonyl (C=O) groups excluding carboxylic acids is 3. The summed E-state index contributed by atoms with van der Waals surface area (Å²) in [6.07, 6.45) is 4.39. The maximum Gasteiger partial charge on any atom is 0.341 e. The fourth-order valence-corrected chi connectivity index (χ4v) is 9.84. The number of pyridine rings is 1. The minimum atomic E-state index is -1.28. The van der Waals surface area contributed by atoms with Crippen molar-refractivity contribution < 1.29 is 48.4 Å². The summed E-state index contributed by atoms with van der Waals surface area (Å²) in [5, 5.41) is 22.9. The van der Waals surface area contributed by atoms with Gasteiger partial charge in [0.2, 0.25) is 5.91 Å². The van der Waals surface area contributed by atoms with Gasteiger partial charge in [0, 0.05) is 42.2 Å². The largest absolute Gasteiger partial charge is 0.488 e. The first-order valence-electron chi connectivity index (χ1n) is 20.2. The van der Waals surface area contributed by atoms with Gasteiger partial charge in [-0.1, -0.05) is 40.7 Å². The molecule has 0 bridgehead atoms. The number of benzene rings is 1. The number of esters is 1. The van der Waals surface area contributed by atoms with Crippen LogP contribution in [0.5, 0.6) is 11.5 Å². The molecule has 3 aliphatic carbocycles. The number of likely N-dealkylation sites (tertiary alicyclic amines) is 1. The Bertz CT molecular complexity index is 2110. The van der Waals surface area contributed by atoms with E-state index in [-0.39, 0.29) is 55.9 Å². The average molecular weight is 816 g/mol. The van der Waals surface area contributed by atoms with Gasteiger partial charge in [-0.05, 0) is 66.9 Å². The monoisotopic (exact) mass is 815 g/mol. The van der Waals surface area contributed by atoms with Crippen molar-refractivity contribution in [3.05, 3.63) is 47.3 Å². The number of carboxylic acids is 2. The molecule has 3 saturated carbocycles. The number of hydrogen-bond donors (Lipinski definition) is 2. The first-order chi connectivity index (χ1) is 27.4. The quantitative estimate of drug-likeness (QED) is 0.105. The number of Topliss-reactive ketones (excluding diaryl/α,β-unsaturated/α-hetero) is 1. The van der Waals surface area contributed by atoms with E-state index >= 15 is 0 Å². The highest BCUT2D eigenvalue weighted by Crippen LogP contribution is 2.57. The van der Waals surface area contributed by atoms with Crippen LogP contribution in [0.1, 0.15) is 84.6 Å². The summed E-state index contributed by atoms with van der Waals surface area (Å²) in [5.74, 6) is -2.22. The number of ether oxygens (including phenoxy) is 3. The zero-order valence-corrected chi connectivity index (χ0v) is 34.6. The second-order valence-electron chi connectivity index (χ2n) is 18.2. The molecule has 2 N–H and O–H groups in total. The lowest BCUT2D eigenvalue weighted by atomic mass is 9.77. The zero-order valence-electron chi connectivity index (χ0n) is 33.8. The Kier molecular flexibility index (Phi) is 11.4. The Hall–Kier alpha value is -4.85. The summed E-state index contributed by atoms with van der Waals surface area (Å²) in [7, 11) is 0. The number of amides is 1. The number of hydrogen-bond acceptors (Lipinski definition) is 11. The van der Waals surface area contributed by atoms with E-state index in [9.17, 15) is 34.2 Å². The minimum absolute atomic E-state index is 0.0159. The molecule has 4 fully saturated rings. The number of rotatable bonds is 17. The van der Waals surface area contributed by atoms with E-state index in [1.54, 1.807) is 30.3 Å². The van der Waals surface area contributed by atoms with E-state index in [1.807, 2.05) is 26.2 Å². The Balaban J connectivity index is 1.19. The van der Waals surface area contributed by atoms with E-state index < -0.39 is 53.4 Å². The van der Waals surface area contributed by atoms with Crippen molar-refractivity contribution in [3.8, 4) is 22.9 Å². The molecular formula is C44H53N3O10S. The molecule has 1 aromatic carbocycles. The molecule has 3 unspecified atom stereocenters. The maximum absolute atomic E-state index is 14.8. The van der Waals surface area contributed by atoms with Crippen molar-refractivity contribution in [3.63, 3.8) is 0 Å². The van der Waals surface area contributed by atoms with E-state index in [0.29, 0.717) is 51.5 Å². The van der Waals surface area contributed by atoms with Crippen molar-refractivity contribution in [1.82, 2.24) is 14.9 Å². The normalized spacial score (nSPS) is 26.6. The third-order valence-corrected chi connectivity index (χ3v) is 13.1. The average Bonchev–Trinajstić information content (AvgIpc) is 3.82. The molecule has 8 atom stereocenters. The number of fused-ring (bicyclic) bond motifs is 2. The standard InChI is InChI=1S/C44H53N3O10S/c1-7-26-18-44(26,42(53)54)19-36(48)35-15-29(20-47(35)41(52)31(43(4,5)6)16-40(51)57-28-12-24-11-25(24)13-28)56-37-17-33(34-22-58-38(46-34)10-23(2)3)45-32-14-27(8-9-30(32)37)55-21-39(49)50/h7-9,14,17,22-26,28-29,31,35H,1,10-13,15-16,18-21H2,2-6H3,(H,49,50)(H,53,54)/t24-,25+,26?,28?,29?,31-,35+,44-/m1/s1. The van der Waals surface area contributed by atoms with Crippen molar-refractivity contribution in [1.29, 1.82) is 0 Å². The molecule has 2 aromatic heterocycles. The molecule has 13 nitrogen and oxygen atoms in total. The smallest absolute Gasteiger partial charge is 0.341 e. The molecular weight excluding hydrogens is 763 g/mol. The molecule has 3 aromatic rings. The Morgan fingerprint density at radius 3 is 2.40 bits per heavy atom. The molecule has 1 amide bonds. The van der Waals surface area contributed by atoms with Gasteiger partial charge < -0.3 is 29.3 Å². The number of allylic oxidation sites excluding steroid dienone is 1. The lowest BCUT2D eigenvalue weighted by Gasteiger charge is -2.35. The van der Waals surface area contributed by atoms with Crippen LogP contribution < -0.4 is 9.47 Å². The van der Waals surface area contributed by atoms with Crippen LogP contribution in [0.4, 0.5) is 0 Å². The lowest BCUT2D eigenvalue weighted by Crippen LogP contribution is -2.48. The van der Waals surface area contributed by atoms with Gasteiger partial charge in [-0.3, -0.25) is 19.2 Å². The SMILES string of the molecule is C=CC1C[C@]1(CC(=O)[C@@H]1CC(Oc2cc(-c3csc(CC(C)C)n3)nc3cc(OCC(=O)O)ccc23)CN1C(=O)[C@@H](CC(=O)OC1C[C@@H]2C[C@@H]2C1)C(C)(C)C)C(=O)O. The predicted molar refractivity (Wildman–Crippen MR) is 215 cm³/mol. The first-order valence-corrected chi connectivity index (χ1v) is 21.1. The van der Waals surface area contributed by atoms with Gasteiger partial charge in [-0.15, -0.1) is 17.9 Å². The Labute approximate surface area is 342 Å². The van der Waals surface area contributed by atoms with Crippen molar-refractivity contribution in [2.45, 2.75) is 104 Å². The molecule has 310 valence electrons. The second-order valence-corrected chi connectivity index (χ2v) is 19.1. The summed E-state index contributed by atoms with van der Waals surface area (Å²) in [6.45, 7) is 13.1. The third kappa shape index (κ3) is 8.91. The van der Waals surface area contributed by atoms with Crippen molar-refractivity contribution in [2.75, 3.05) is 13.2 Å². The summed E-state index contributed by atoms with van der Waals surface area (Å²) in [4.78, 5) is 77.3. The number of thiazole rings is 1. The van der Waals surface area contributed by atoms with Gasteiger partial charge in [0.25, 0.3) is 0 Å². The highest BCUT2D eigenvalue weighted by molar-refractivity contribution is 7.09. The van der Waals surface area contributed by atoms with Gasteiger partial charge >= 0.3 is 17.9 Å². The molecule has 7 rings (SSSR count). The van der Waals surface area contributed by atoms with Crippen LogP contribution in [0.2, 0.25) is 0 Å². The fourth-order valence-electron chi connectivity index (χ4n) is 8.84. The zero-order chi connectivity index (χ0) is 41.7. The summed E-state index contributed by atoms with van der Waals surface area (Å²) in [5.41, 5.74) is -0.339. The van der Waals surface area contributed by atoms with E-state index in [2.05, 4.69) is 20.4 Å². The number of nitrogens with zero attached hydrogens (tertiary/aromatic N) is 3. The lowest BCUT2D eigenvalue weighted by molar-refractivity contribution is -0.157. The summed E-state index contributed by atoms with van der Waals surface area (Å²) >= 11 is 1.53. The van der Waals surface area contributed by atoms with Crippen molar-refractivity contribution >= 4 is 51.8 Å². The van der Waals surface area contributed by atoms with Crippen LogP contribution in [-0.2, 0) is 35.1 Å². The number of aliphatic carboxylic acids is 2. The van der Waals surface area contributed by atoms with E-state index in [0.717, 1.165) is 24.3 Å². The van der Waals surface area contributed by atoms with Crippen LogP contribution >= 0.6 is 11.3 Å². The predicted octanol–water partition coefficient (Wildman–Crippen LogP) is 7.00. The van der Waals surface area contributed by atoms with E-state index in [1.165, 1.54) is 22.7 Å². The fraction of sp³-hybridized carbons (Fsp3) is 0.568. The molecule has 14 heteroatoms. The van der Waals surface area contributed by atoms with Gasteiger partial charge in [-0.25, -0.2) is 14.8 Å². The first kappa shape index (κ1) is 41.3. The van der Waals surface area contributed by atoms with E-state index in [4.69, 9.17) is 24.2 Å². The van der Waals surface area contributed by atoms with Gasteiger partial charge in [0.15, 0.2) is 12.4 Å². The maximum atomic E-state index is 14.8. The molecule has 4 aliphatic rings. The minimum Gasteiger partial charge on any atom is -0.488 e. The molecule has 58 heavy (non-hydrogen) atoms. The van der Waals surface area contributed by atoms with Crippen LogP contribution in [-0.4, -0.2) is 86.1 Å². The van der Waals surface area contributed by atoms with Gasteiger partial charge in [0.1, 0.15) is 23.7 Å². The number of ketones is 1. The van der Waals surface area contributed by atoms with Gasteiger partial charge in [-0.2, -0.15) is 0 Å². The summed E-state index contributed by atoms with van der Waals surface area (Å²) < 4.78 is 18.1. The number of carbonyl (C=O) groups is 5. The van der Waals surface area contributed by atoms with Gasteiger partial charge in [0.05, 0.1) is 52.3 Å². The van der Waals surface area contributed by atoms with Crippen LogP contribution in [0.3, 0.4) is 0 Å². The Morgan fingerprint density at radius 2 is 1.76 bits per heavy atom. The third-order valence-electron chi connectivity index (χ3n) is 12.3. The topological polar surface area (TPSA) is 183 Å². The van der Waals surface area contributed by atoms with Crippen molar-refractivity contribution in [2.24, 2.45) is 40.4 Å². The molecule has 3 heterocycles. The second kappa shape index (κ2) is 16.1. The molecule has 0 spiro atoms.